The predicted octanol–water partition coefficient (Wildman–Crippen LogP) is 2.84. The number of rotatable bonds is 5. The molecule has 4 nitrogen and oxygen atoms in total. The highest BCUT2D eigenvalue weighted by Crippen LogP contribution is 2.20. The molecule has 2 unspecified atom stereocenters. The number of aliphatic hydroxyl groups excluding tert-OH is 1. The molecule has 0 radical (unpaired) electrons. The highest BCUT2D eigenvalue weighted by Gasteiger charge is 2.23. The third-order valence-electron chi connectivity index (χ3n) is 4.43. The highest BCUT2D eigenvalue weighted by molar-refractivity contribution is 5.75. The van der Waals surface area contributed by atoms with Crippen LogP contribution >= 0.6 is 0 Å². The van der Waals surface area contributed by atoms with Crippen LogP contribution in [0.2, 0.25) is 0 Å². The summed E-state index contributed by atoms with van der Waals surface area (Å²) in [5.74, 6) is 1.08. The van der Waals surface area contributed by atoms with Gasteiger partial charge in [0.2, 0.25) is 0 Å². The van der Waals surface area contributed by atoms with E-state index in [9.17, 15) is 5.11 Å². The summed E-state index contributed by atoms with van der Waals surface area (Å²) in [5.41, 5.74) is 2.27. The minimum absolute atomic E-state index is 0.206. The number of hydrogen-bond donors (Lipinski definition) is 2. The molecule has 1 saturated carbocycles. The Balaban J connectivity index is 1.77. The van der Waals surface area contributed by atoms with Gasteiger partial charge in [-0.2, -0.15) is 0 Å². The van der Waals surface area contributed by atoms with E-state index in [1.54, 1.807) is 0 Å². The molecule has 0 spiro atoms. The number of imidazole rings is 1. The lowest BCUT2D eigenvalue weighted by Crippen LogP contribution is -2.42. The lowest BCUT2D eigenvalue weighted by Gasteiger charge is -2.28. The summed E-state index contributed by atoms with van der Waals surface area (Å²) in [5, 5.41) is 13.6. The molecule has 2 atom stereocenters. The summed E-state index contributed by atoms with van der Waals surface area (Å²) in [6.07, 6.45) is 5.23. The second-order valence-corrected chi connectivity index (χ2v) is 6.01. The summed E-state index contributed by atoms with van der Waals surface area (Å²) in [7, 11) is 0. The summed E-state index contributed by atoms with van der Waals surface area (Å²) in [4.78, 5) is 4.76. The molecule has 4 heteroatoms. The van der Waals surface area contributed by atoms with Crippen LogP contribution in [0.3, 0.4) is 0 Å². The van der Waals surface area contributed by atoms with Crippen LogP contribution in [0.1, 0.15) is 44.9 Å². The van der Waals surface area contributed by atoms with Gasteiger partial charge in [0.15, 0.2) is 0 Å². The molecule has 0 bridgehead atoms. The number of aromatic nitrogens is 2. The number of fused-ring (bicyclic) bond motifs is 1. The van der Waals surface area contributed by atoms with Gasteiger partial charge in [-0.25, -0.2) is 4.98 Å². The molecule has 21 heavy (non-hydrogen) atoms. The number of nitrogens with zero attached hydrogens (tertiary/aromatic N) is 2. The second-order valence-electron chi connectivity index (χ2n) is 6.01. The van der Waals surface area contributed by atoms with Crippen LogP contribution in [-0.4, -0.2) is 26.8 Å². The van der Waals surface area contributed by atoms with Crippen molar-refractivity contribution in [2.45, 2.75) is 64.3 Å². The molecule has 1 heterocycles. The number of benzene rings is 1. The van der Waals surface area contributed by atoms with E-state index in [0.717, 1.165) is 50.1 Å². The molecule has 0 amide bonds. The average molecular weight is 287 g/mol. The smallest absolute Gasteiger partial charge is 0.123 e. The molecule has 0 aliphatic heterocycles. The van der Waals surface area contributed by atoms with E-state index in [4.69, 9.17) is 4.98 Å². The van der Waals surface area contributed by atoms with E-state index in [2.05, 4.69) is 35.0 Å². The van der Waals surface area contributed by atoms with Crippen molar-refractivity contribution in [3.05, 3.63) is 30.1 Å². The Morgan fingerprint density at radius 2 is 2.10 bits per heavy atom. The number of para-hydroxylation sites is 2. The summed E-state index contributed by atoms with van der Waals surface area (Å²) in [6.45, 7) is 3.91. The van der Waals surface area contributed by atoms with E-state index < -0.39 is 0 Å². The number of aliphatic hydroxyl groups is 1. The Morgan fingerprint density at radius 1 is 1.29 bits per heavy atom. The van der Waals surface area contributed by atoms with E-state index in [1.165, 1.54) is 11.9 Å². The first-order valence-electron chi connectivity index (χ1n) is 8.15. The summed E-state index contributed by atoms with van der Waals surface area (Å²) < 4.78 is 2.30. The minimum Gasteiger partial charge on any atom is -0.392 e. The first-order chi connectivity index (χ1) is 10.3. The standard InChI is InChI=1S/C17H25N3O/c1-2-11-20-15-9-5-3-7-13(15)19-17(20)12-18-14-8-4-6-10-16(14)21/h3,5,7,9,14,16,18,21H,2,4,6,8,10-12H2,1H3. The third kappa shape index (κ3) is 3.11. The van der Waals surface area contributed by atoms with Crippen molar-refractivity contribution in [1.29, 1.82) is 0 Å². The molecule has 1 fully saturated rings. The van der Waals surface area contributed by atoms with Crippen molar-refractivity contribution in [3.63, 3.8) is 0 Å². The normalized spacial score (nSPS) is 22.8. The Bertz CT molecular complexity index is 593. The SMILES string of the molecule is CCCn1c(CNC2CCCCC2O)nc2ccccc21. The first-order valence-corrected chi connectivity index (χ1v) is 8.15. The fraction of sp³-hybridized carbons (Fsp3) is 0.588. The summed E-state index contributed by atoms with van der Waals surface area (Å²) >= 11 is 0. The maximum atomic E-state index is 10.1. The van der Waals surface area contributed by atoms with Crippen LogP contribution in [0.5, 0.6) is 0 Å². The van der Waals surface area contributed by atoms with E-state index >= 15 is 0 Å². The molecule has 2 N–H and O–H groups in total. The Hall–Kier alpha value is -1.39. The van der Waals surface area contributed by atoms with Crippen molar-refractivity contribution < 1.29 is 5.11 Å². The quantitative estimate of drug-likeness (QED) is 0.889. The van der Waals surface area contributed by atoms with Crippen molar-refractivity contribution in [3.8, 4) is 0 Å². The van der Waals surface area contributed by atoms with Gasteiger partial charge >= 0.3 is 0 Å². The van der Waals surface area contributed by atoms with E-state index in [0.29, 0.717) is 0 Å². The molecule has 0 saturated heterocycles. The topological polar surface area (TPSA) is 50.1 Å². The molecule has 3 rings (SSSR count). The fourth-order valence-electron chi connectivity index (χ4n) is 3.31. The van der Waals surface area contributed by atoms with Crippen LogP contribution in [-0.2, 0) is 13.1 Å². The highest BCUT2D eigenvalue weighted by atomic mass is 16.3. The van der Waals surface area contributed by atoms with Gasteiger partial charge in [-0.3, -0.25) is 0 Å². The lowest BCUT2D eigenvalue weighted by atomic mass is 9.93. The molecule has 1 aromatic carbocycles. The Kier molecular flexibility index (Phi) is 4.56. The Labute approximate surface area is 126 Å². The monoisotopic (exact) mass is 287 g/mol. The molecule has 1 aromatic heterocycles. The van der Waals surface area contributed by atoms with E-state index in [-0.39, 0.29) is 12.1 Å². The van der Waals surface area contributed by atoms with Crippen LogP contribution in [0.4, 0.5) is 0 Å². The average Bonchev–Trinajstić information content (AvgIpc) is 2.85. The van der Waals surface area contributed by atoms with Crippen molar-refractivity contribution in [2.24, 2.45) is 0 Å². The number of nitrogens with one attached hydrogen (secondary N) is 1. The number of aryl methyl sites for hydroxylation is 1. The van der Waals surface area contributed by atoms with Gasteiger partial charge in [0.1, 0.15) is 5.82 Å². The zero-order valence-corrected chi connectivity index (χ0v) is 12.8. The van der Waals surface area contributed by atoms with Gasteiger partial charge in [-0.1, -0.05) is 31.9 Å². The van der Waals surface area contributed by atoms with E-state index in [1.807, 2.05) is 6.07 Å². The van der Waals surface area contributed by atoms with Gasteiger partial charge in [-0.05, 0) is 31.4 Å². The zero-order chi connectivity index (χ0) is 14.7. The predicted molar refractivity (Wildman–Crippen MR) is 85.1 cm³/mol. The van der Waals surface area contributed by atoms with Crippen molar-refractivity contribution in [1.82, 2.24) is 14.9 Å². The van der Waals surface area contributed by atoms with Gasteiger partial charge in [0, 0.05) is 12.6 Å². The van der Waals surface area contributed by atoms with Gasteiger partial charge < -0.3 is 15.0 Å². The molecule has 2 aromatic rings. The largest absolute Gasteiger partial charge is 0.392 e. The Morgan fingerprint density at radius 3 is 2.90 bits per heavy atom. The zero-order valence-electron chi connectivity index (χ0n) is 12.8. The first kappa shape index (κ1) is 14.5. The maximum absolute atomic E-state index is 10.1. The molecular formula is C17H25N3O. The lowest BCUT2D eigenvalue weighted by molar-refractivity contribution is 0.0898. The number of hydrogen-bond acceptors (Lipinski definition) is 3. The fourth-order valence-corrected chi connectivity index (χ4v) is 3.31. The minimum atomic E-state index is -0.206. The molecule has 1 aliphatic carbocycles. The second kappa shape index (κ2) is 6.58. The van der Waals surface area contributed by atoms with Crippen molar-refractivity contribution in [2.75, 3.05) is 0 Å². The van der Waals surface area contributed by atoms with Crippen LogP contribution in [0.15, 0.2) is 24.3 Å². The van der Waals surface area contributed by atoms with Crippen molar-refractivity contribution >= 4 is 11.0 Å². The molecular weight excluding hydrogens is 262 g/mol. The van der Waals surface area contributed by atoms with Gasteiger partial charge in [-0.15, -0.1) is 0 Å². The maximum Gasteiger partial charge on any atom is 0.123 e. The van der Waals surface area contributed by atoms with Crippen LogP contribution in [0.25, 0.3) is 11.0 Å². The van der Waals surface area contributed by atoms with Gasteiger partial charge in [0.05, 0.1) is 23.7 Å². The third-order valence-corrected chi connectivity index (χ3v) is 4.43. The molecule has 1 aliphatic rings. The van der Waals surface area contributed by atoms with Crippen LogP contribution in [0, 0.1) is 0 Å². The van der Waals surface area contributed by atoms with Gasteiger partial charge in [0.25, 0.3) is 0 Å². The summed E-state index contributed by atoms with van der Waals surface area (Å²) in [6, 6.07) is 8.53. The molecule has 114 valence electrons. The van der Waals surface area contributed by atoms with Crippen LogP contribution < -0.4 is 5.32 Å².